The van der Waals surface area contributed by atoms with Crippen LogP contribution in [0.3, 0.4) is 0 Å². The van der Waals surface area contributed by atoms with Gasteiger partial charge in [-0.15, -0.1) is 0 Å². The van der Waals surface area contributed by atoms with Crippen LogP contribution < -0.4 is 4.74 Å². The van der Waals surface area contributed by atoms with Crippen LogP contribution in [0.15, 0.2) is 18.2 Å². The molecule has 0 aromatic heterocycles. The Morgan fingerprint density at radius 1 is 1.39 bits per heavy atom. The standard InChI is InChI=1S/C15H21FO2/c1-4-13-15(18-13)10(3)8-11-9-12(16)6-7-14(11)17-5-2/h6-7,9-10,13,15H,4-5,8H2,1-3H3. The highest BCUT2D eigenvalue weighted by atomic mass is 19.1. The van der Waals surface area contributed by atoms with Gasteiger partial charge in [-0.3, -0.25) is 0 Å². The predicted molar refractivity (Wildman–Crippen MR) is 69.4 cm³/mol. The Morgan fingerprint density at radius 3 is 2.78 bits per heavy atom. The minimum Gasteiger partial charge on any atom is -0.494 e. The maximum atomic E-state index is 13.3. The first-order valence-corrected chi connectivity index (χ1v) is 6.72. The maximum Gasteiger partial charge on any atom is 0.123 e. The lowest BCUT2D eigenvalue weighted by Crippen LogP contribution is -2.11. The molecule has 0 aliphatic carbocycles. The quantitative estimate of drug-likeness (QED) is 0.722. The molecule has 1 fully saturated rings. The Hall–Kier alpha value is -1.09. The summed E-state index contributed by atoms with van der Waals surface area (Å²) in [5.41, 5.74) is 0.940. The fraction of sp³-hybridized carbons (Fsp3) is 0.600. The van der Waals surface area contributed by atoms with E-state index in [1.165, 1.54) is 6.07 Å². The van der Waals surface area contributed by atoms with E-state index in [-0.39, 0.29) is 5.82 Å². The molecule has 0 saturated carbocycles. The van der Waals surface area contributed by atoms with Crippen molar-refractivity contribution in [2.24, 2.45) is 5.92 Å². The van der Waals surface area contributed by atoms with Crippen molar-refractivity contribution in [3.05, 3.63) is 29.6 Å². The van der Waals surface area contributed by atoms with Gasteiger partial charge < -0.3 is 9.47 Å². The van der Waals surface area contributed by atoms with E-state index in [0.29, 0.717) is 24.7 Å². The minimum atomic E-state index is -0.204. The first-order chi connectivity index (χ1) is 8.65. The van der Waals surface area contributed by atoms with Crippen LogP contribution in [-0.4, -0.2) is 18.8 Å². The highest BCUT2D eigenvalue weighted by Crippen LogP contribution is 2.35. The van der Waals surface area contributed by atoms with E-state index in [0.717, 1.165) is 24.2 Å². The molecule has 3 unspecified atom stereocenters. The first kappa shape index (κ1) is 13.3. The number of ether oxygens (including phenoxy) is 2. The molecular formula is C15H21FO2. The molecule has 3 atom stereocenters. The van der Waals surface area contributed by atoms with Gasteiger partial charge in [-0.05, 0) is 49.4 Å². The molecule has 0 amide bonds. The van der Waals surface area contributed by atoms with Crippen LogP contribution in [0.4, 0.5) is 4.39 Å². The van der Waals surface area contributed by atoms with Crippen molar-refractivity contribution >= 4 is 0 Å². The monoisotopic (exact) mass is 252 g/mol. The van der Waals surface area contributed by atoms with E-state index >= 15 is 0 Å². The topological polar surface area (TPSA) is 21.8 Å². The highest BCUT2D eigenvalue weighted by molar-refractivity contribution is 5.34. The Kier molecular flexibility index (Phi) is 4.23. The third kappa shape index (κ3) is 3.02. The SMILES string of the molecule is CCOc1ccc(F)cc1CC(C)C1OC1CC. The van der Waals surface area contributed by atoms with Gasteiger partial charge in [0.1, 0.15) is 11.6 Å². The number of halogens is 1. The van der Waals surface area contributed by atoms with Crippen molar-refractivity contribution in [2.75, 3.05) is 6.61 Å². The predicted octanol–water partition coefficient (Wildman–Crippen LogP) is 3.58. The molecule has 0 bridgehead atoms. The summed E-state index contributed by atoms with van der Waals surface area (Å²) in [6.07, 6.45) is 2.57. The average molecular weight is 252 g/mol. The van der Waals surface area contributed by atoms with Crippen molar-refractivity contribution in [1.82, 2.24) is 0 Å². The van der Waals surface area contributed by atoms with E-state index in [1.54, 1.807) is 12.1 Å². The molecule has 0 N–H and O–H groups in total. The molecule has 2 rings (SSSR count). The van der Waals surface area contributed by atoms with Crippen LogP contribution in [0.5, 0.6) is 5.75 Å². The van der Waals surface area contributed by atoms with E-state index in [4.69, 9.17) is 9.47 Å². The van der Waals surface area contributed by atoms with Crippen molar-refractivity contribution in [2.45, 2.75) is 45.8 Å². The summed E-state index contributed by atoms with van der Waals surface area (Å²) in [7, 11) is 0. The smallest absolute Gasteiger partial charge is 0.123 e. The number of hydrogen-bond donors (Lipinski definition) is 0. The first-order valence-electron chi connectivity index (χ1n) is 6.72. The van der Waals surface area contributed by atoms with Gasteiger partial charge in [0.15, 0.2) is 0 Å². The second-order valence-corrected chi connectivity index (χ2v) is 4.91. The minimum absolute atomic E-state index is 0.204. The fourth-order valence-electron chi connectivity index (χ4n) is 2.45. The van der Waals surface area contributed by atoms with Gasteiger partial charge in [-0.1, -0.05) is 13.8 Å². The van der Waals surface area contributed by atoms with E-state index in [9.17, 15) is 4.39 Å². The Bertz CT molecular complexity index is 405. The zero-order valence-electron chi connectivity index (χ0n) is 11.3. The van der Waals surface area contributed by atoms with Crippen molar-refractivity contribution in [3.63, 3.8) is 0 Å². The van der Waals surface area contributed by atoms with Gasteiger partial charge in [0.05, 0.1) is 18.8 Å². The third-order valence-corrected chi connectivity index (χ3v) is 3.45. The van der Waals surface area contributed by atoms with Gasteiger partial charge in [0, 0.05) is 0 Å². The summed E-state index contributed by atoms with van der Waals surface area (Å²) < 4.78 is 24.4. The number of epoxide rings is 1. The zero-order valence-corrected chi connectivity index (χ0v) is 11.3. The summed E-state index contributed by atoms with van der Waals surface area (Å²) in [5.74, 6) is 0.986. The van der Waals surface area contributed by atoms with Gasteiger partial charge in [-0.2, -0.15) is 0 Å². The van der Waals surface area contributed by atoms with Crippen molar-refractivity contribution in [3.8, 4) is 5.75 Å². The van der Waals surface area contributed by atoms with Crippen LogP contribution in [0.1, 0.15) is 32.8 Å². The summed E-state index contributed by atoms with van der Waals surface area (Å²) >= 11 is 0. The summed E-state index contributed by atoms with van der Waals surface area (Å²) in [6, 6.07) is 4.73. The molecule has 1 heterocycles. The van der Waals surface area contributed by atoms with Crippen LogP contribution in [0.2, 0.25) is 0 Å². The number of benzene rings is 1. The van der Waals surface area contributed by atoms with Crippen LogP contribution in [0.25, 0.3) is 0 Å². The van der Waals surface area contributed by atoms with Gasteiger partial charge in [0.25, 0.3) is 0 Å². The molecule has 1 saturated heterocycles. The third-order valence-electron chi connectivity index (χ3n) is 3.45. The zero-order chi connectivity index (χ0) is 13.1. The normalized spacial score (nSPS) is 23.8. The van der Waals surface area contributed by atoms with Gasteiger partial charge in [-0.25, -0.2) is 4.39 Å². The molecule has 2 nitrogen and oxygen atoms in total. The molecule has 0 spiro atoms. The molecular weight excluding hydrogens is 231 g/mol. The highest BCUT2D eigenvalue weighted by Gasteiger charge is 2.41. The second-order valence-electron chi connectivity index (χ2n) is 4.91. The lowest BCUT2D eigenvalue weighted by molar-refractivity contribution is 0.313. The van der Waals surface area contributed by atoms with E-state index < -0.39 is 0 Å². The summed E-state index contributed by atoms with van der Waals surface area (Å²) in [4.78, 5) is 0. The number of rotatable bonds is 6. The molecule has 1 aromatic rings. The van der Waals surface area contributed by atoms with Gasteiger partial charge >= 0.3 is 0 Å². The largest absolute Gasteiger partial charge is 0.494 e. The second kappa shape index (κ2) is 5.70. The summed E-state index contributed by atoms with van der Waals surface area (Å²) in [6.45, 7) is 6.82. The Morgan fingerprint density at radius 2 is 2.17 bits per heavy atom. The van der Waals surface area contributed by atoms with Crippen LogP contribution in [-0.2, 0) is 11.2 Å². The lowest BCUT2D eigenvalue weighted by atomic mass is 9.95. The van der Waals surface area contributed by atoms with Crippen molar-refractivity contribution < 1.29 is 13.9 Å². The lowest BCUT2D eigenvalue weighted by Gasteiger charge is -2.13. The van der Waals surface area contributed by atoms with Crippen LogP contribution in [0, 0.1) is 11.7 Å². The molecule has 100 valence electrons. The Balaban J connectivity index is 2.05. The van der Waals surface area contributed by atoms with Crippen LogP contribution >= 0.6 is 0 Å². The van der Waals surface area contributed by atoms with Gasteiger partial charge in [0.2, 0.25) is 0 Å². The summed E-state index contributed by atoms with van der Waals surface area (Å²) in [5, 5.41) is 0. The molecule has 1 aliphatic heterocycles. The molecule has 18 heavy (non-hydrogen) atoms. The van der Waals surface area contributed by atoms with Crippen molar-refractivity contribution in [1.29, 1.82) is 0 Å². The average Bonchev–Trinajstić information content (AvgIpc) is 3.12. The maximum absolute atomic E-state index is 13.3. The van der Waals surface area contributed by atoms with E-state index in [1.807, 2.05) is 6.92 Å². The van der Waals surface area contributed by atoms with E-state index in [2.05, 4.69) is 13.8 Å². The molecule has 0 radical (unpaired) electrons. The fourth-order valence-corrected chi connectivity index (χ4v) is 2.45. The number of hydrogen-bond acceptors (Lipinski definition) is 2. The molecule has 3 heteroatoms. The molecule has 1 aromatic carbocycles. The Labute approximate surface area is 108 Å². The molecule has 1 aliphatic rings.